The van der Waals surface area contributed by atoms with Gasteiger partial charge in [0, 0.05) is 22.3 Å². The van der Waals surface area contributed by atoms with Crippen LogP contribution in [0.4, 0.5) is 13.2 Å². The van der Waals surface area contributed by atoms with Crippen molar-refractivity contribution in [3.8, 4) is 39.6 Å². The predicted octanol–water partition coefficient (Wildman–Crippen LogP) is 5.77. The molecule has 3 nitrogen and oxygen atoms in total. The molecule has 0 saturated carbocycles. The van der Waals surface area contributed by atoms with Crippen LogP contribution in [0.1, 0.15) is 5.56 Å². The van der Waals surface area contributed by atoms with Crippen molar-refractivity contribution in [1.82, 2.24) is 10.2 Å². The van der Waals surface area contributed by atoms with Crippen LogP contribution < -0.4 is 0 Å². The van der Waals surface area contributed by atoms with E-state index in [2.05, 4.69) is 10.2 Å². The molecule has 1 heterocycles. The zero-order chi connectivity index (χ0) is 20.4. The maximum Gasteiger partial charge on any atom is 0.132 e. The number of benzene rings is 3. The van der Waals surface area contributed by atoms with Crippen LogP contribution in [0.2, 0.25) is 0 Å². The van der Waals surface area contributed by atoms with E-state index in [9.17, 15) is 18.4 Å². The fraction of sp³-hybridized carbons (Fsp3) is 0. The van der Waals surface area contributed by atoms with E-state index in [0.29, 0.717) is 16.8 Å². The number of nitrogens with zero attached hydrogens (tertiary/aromatic N) is 3. The van der Waals surface area contributed by atoms with Gasteiger partial charge in [-0.3, -0.25) is 0 Å². The first-order chi connectivity index (χ1) is 14.1. The molecule has 0 unspecified atom stereocenters. The minimum atomic E-state index is -0.694. The first-order valence-corrected chi connectivity index (χ1v) is 8.65. The van der Waals surface area contributed by atoms with Gasteiger partial charge in [-0.15, -0.1) is 0 Å². The molecule has 6 heteroatoms. The Morgan fingerprint density at radius 2 is 1.48 bits per heavy atom. The second-order valence-electron chi connectivity index (χ2n) is 6.28. The number of halogens is 3. The lowest BCUT2D eigenvalue weighted by Gasteiger charge is -2.10. The van der Waals surface area contributed by atoms with Crippen LogP contribution in [0, 0.1) is 28.8 Å². The van der Waals surface area contributed by atoms with Crippen molar-refractivity contribution < 1.29 is 13.2 Å². The molecule has 0 atom stereocenters. The average Bonchev–Trinajstić information content (AvgIpc) is 2.74. The summed E-state index contributed by atoms with van der Waals surface area (Å²) < 4.78 is 43.0. The first kappa shape index (κ1) is 18.4. The number of hydrogen-bond donors (Lipinski definition) is 0. The van der Waals surface area contributed by atoms with Crippen molar-refractivity contribution in [3.05, 3.63) is 95.9 Å². The Kier molecular flexibility index (Phi) is 4.80. The van der Waals surface area contributed by atoms with Gasteiger partial charge in [0.15, 0.2) is 0 Å². The second kappa shape index (κ2) is 7.56. The lowest BCUT2D eigenvalue weighted by molar-refractivity contribution is 0.616. The molecule has 0 fully saturated rings. The molecule has 4 aromatic rings. The molecule has 140 valence electrons. The third-order valence-electron chi connectivity index (χ3n) is 4.51. The minimum absolute atomic E-state index is 0.0287. The maximum atomic E-state index is 14.5. The van der Waals surface area contributed by atoms with Gasteiger partial charge in [0.1, 0.15) is 17.5 Å². The highest BCUT2D eigenvalue weighted by atomic mass is 19.1. The predicted molar refractivity (Wildman–Crippen MR) is 103 cm³/mol. The largest absolute Gasteiger partial charge is 0.206 e. The van der Waals surface area contributed by atoms with E-state index in [1.54, 1.807) is 24.3 Å². The number of hydrogen-bond acceptors (Lipinski definition) is 3. The Morgan fingerprint density at radius 3 is 2.28 bits per heavy atom. The van der Waals surface area contributed by atoms with E-state index in [1.807, 2.05) is 6.07 Å². The van der Waals surface area contributed by atoms with Crippen LogP contribution in [0.25, 0.3) is 33.5 Å². The normalized spacial score (nSPS) is 10.6. The SMILES string of the molecule is N#Cc1cccc(F)c1-c1cc(-c2cnnc(-c3ccccc3F)c2)ccc1F. The summed E-state index contributed by atoms with van der Waals surface area (Å²) >= 11 is 0. The van der Waals surface area contributed by atoms with Crippen LogP contribution in [0.5, 0.6) is 0 Å². The van der Waals surface area contributed by atoms with Gasteiger partial charge in [-0.1, -0.05) is 24.3 Å². The van der Waals surface area contributed by atoms with Crippen LogP contribution >= 0.6 is 0 Å². The van der Waals surface area contributed by atoms with E-state index >= 15 is 0 Å². The maximum absolute atomic E-state index is 14.5. The van der Waals surface area contributed by atoms with Gasteiger partial charge in [-0.05, 0) is 48.0 Å². The molecule has 0 N–H and O–H groups in total. The summed E-state index contributed by atoms with van der Waals surface area (Å²) in [6, 6.07) is 17.8. The molecule has 0 radical (unpaired) electrons. The molecular formula is C23H12F3N3. The Balaban J connectivity index is 1.85. The molecule has 4 rings (SSSR count). The molecule has 0 saturated heterocycles. The van der Waals surface area contributed by atoms with E-state index in [1.165, 1.54) is 48.7 Å². The van der Waals surface area contributed by atoms with Crippen molar-refractivity contribution >= 4 is 0 Å². The lowest BCUT2D eigenvalue weighted by Crippen LogP contribution is -1.95. The first-order valence-electron chi connectivity index (χ1n) is 8.65. The van der Waals surface area contributed by atoms with Crippen molar-refractivity contribution in [3.63, 3.8) is 0 Å². The van der Waals surface area contributed by atoms with Crippen molar-refractivity contribution in [2.45, 2.75) is 0 Å². The Hall–Kier alpha value is -3.98. The van der Waals surface area contributed by atoms with E-state index in [4.69, 9.17) is 0 Å². The fourth-order valence-electron chi connectivity index (χ4n) is 3.11. The molecular weight excluding hydrogens is 375 g/mol. The van der Waals surface area contributed by atoms with Gasteiger partial charge in [0.2, 0.25) is 0 Å². The summed E-state index contributed by atoms with van der Waals surface area (Å²) in [5.41, 5.74) is 1.56. The molecule has 0 amide bonds. The average molecular weight is 387 g/mol. The summed E-state index contributed by atoms with van der Waals surface area (Å²) in [7, 11) is 0. The summed E-state index contributed by atoms with van der Waals surface area (Å²) in [4.78, 5) is 0. The van der Waals surface area contributed by atoms with Crippen LogP contribution in [0.3, 0.4) is 0 Å². The van der Waals surface area contributed by atoms with Crippen molar-refractivity contribution in [2.75, 3.05) is 0 Å². The molecule has 1 aromatic heterocycles. The zero-order valence-corrected chi connectivity index (χ0v) is 14.9. The third kappa shape index (κ3) is 3.46. The lowest BCUT2D eigenvalue weighted by atomic mass is 9.95. The highest BCUT2D eigenvalue weighted by Gasteiger charge is 2.16. The van der Waals surface area contributed by atoms with Crippen LogP contribution in [-0.2, 0) is 0 Å². The van der Waals surface area contributed by atoms with Crippen molar-refractivity contribution in [2.24, 2.45) is 0 Å². The summed E-state index contributed by atoms with van der Waals surface area (Å²) in [6.07, 6.45) is 1.45. The van der Waals surface area contributed by atoms with E-state index in [-0.39, 0.29) is 22.3 Å². The minimum Gasteiger partial charge on any atom is -0.206 e. The Labute approximate surface area is 164 Å². The highest BCUT2D eigenvalue weighted by Crippen LogP contribution is 2.33. The standard InChI is InChI=1S/C23H12F3N3/c24-19-6-2-1-5-17(19)22-11-16(13-28-29-22)14-8-9-20(25)18(10-14)23-15(12-27)4-3-7-21(23)26/h1-11,13H. The highest BCUT2D eigenvalue weighted by molar-refractivity contribution is 5.78. The fourth-order valence-corrected chi connectivity index (χ4v) is 3.11. The Morgan fingerprint density at radius 1 is 0.724 bits per heavy atom. The van der Waals surface area contributed by atoms with Gasteiger partial charge in [-0.25, -0.2) is 13.2 Å². The van der Waals surface area contributed by atoms with Gasteiger partial charge in [0.05, 0.1) is 23.5 Å². The molecule has 3 aromatic carbocycles. The van der Waals surface area contributed by atoms with E-state index in [0.717, 1.165) is 0 Å². The molecule has 0 aliphatic rings. The van der Waals surface area contributed by atoms with Crippen LogP contribution in [-0.4, -0.2) is 10.2 Å². The monoisotopic (exact) mass is 387 g/mol. The summed E-state index contributed by atoms with van der Waals surface area (Å²) in [6.45, 7) is 0. The van der Waals surface area contributed by atoms with Gasteiger partial charge < -0.3 is 0 Å². The second-order valence-corrected chi connectivity index (χ2v) is 6.28. The number of rotatable bonds is 3. The topological polar surface area (TPSA) is 49.6 Å². The van der Waals surface area contributed by atoms with Gasteiger partial charge in [0.25, 0.3) is 0 Å². The summed E-state index contributed by atoms with van der Waals surface area (Å²) in [5.74, 6) is -1.80. The quantitative estimate of drug-likeness (QED) is 0.449. The van der Waals surface area contributed by atoms with Crippen molar-refractivity contribution in [1.29, 1.82) is 5.26 Å². The number of nitriles is 1. The van der Waals surface area contributed by atoms with Gasteiger partial charge >= 0.3 is 0 Å². The molecule has 0 aliphatic heterocycles. The Bertz CT molecular complexity index is 1260. The smallest absolute Gasteiger partial charge is 0.132 e. The van der Waals surface area contributed by atoms with E-state index < -0.39 is 17.5 Å². The molecule has 0 bridgehead atoms. The molecule has 0 aliphatic carbocycles. The van der Waals surface area contributed by atoms with Crippen LogP contribution in [0.15, 0.2) is 72.9 Å². The molecule has 29 heavy (non-hydrogen) atoms. The number of aromatic nitrogens is 2. The third-order valence-corrected chi connectivity index (χ3v) is 4.51. The zero-order valence-electron chi connectivity index (χ0n) is 14.9. The molecule has 0 spiro atoms. The summed E-state index contributed by atoms with van der Waals surface area (Å²) in [5, 5.41) is 17.2. The van der Waals surface area contributed by atoms with Gasteiger partial charge in [-0.2, -0.15) is 15.5 Å².